The Morgan fingerprint density at radius 1 is 1.10 bits per heavy atom. The summed E-state index contributed by atoms with van der Waals surface area (Å²) in [5, 5.41) is 14.2. The number of aromatic nitrogens is 3. The predicted molar refractivity (Wildman–Crippen MR) is 124 cm³/mol. The topological polar surface area (TPSA) is 122 Å². The minimum Gasteiger partial charge on any atom is -0.408 e. The molecule has 178 valence electrons. The SMILES string of the molecule is CC(C)(C)[Si](C)(C)OC1C(CO)OC(n2cnc(C(N)=O)n2)C1O[Si](C)(C)C(C)(C)C. The number of nitrogens with zero attached hydrogens (tertiary/aromatic N) is 3. The van der Waals surface area contributed by atoms with Gasteiger partial charge in [0.05, 0.1) is 6.61 Å². The second kappa shape index (κ2) is 8.67. The van der Waals surface area contributed by atoms with Crippen molar-refractivity contribution in [2.75, 3.05) is 6.61 Å². The maximum absolute atomic E-state index is 11.5. The Labute approximate surface area is 187 Å². The van der Waals surface area contributed by atoms with Gasteiger partial charge in [0.25, 0.3) is 5.91 Å². The van der Waals surface area contributed by atoms with E-state index in [9.17, 15) is 9.90 Å². The first-order valence-electron chi connectivity index (χ1n) is 10.7. The lowest BCUT2D eigenvalue weighted by molar-refractivity contribution is -0.0567. The number of hydrogen-bond acceptors (Lipinski definition) is 7. The highest BCUT2D eigenvalue weighted by Gasteiger charge is 2.54. The Hall–Kier alpha value is -1.12. The molecule has 0 bridgehead atoms. The number of rotatable bonds is 7. The van der Waals surface area contributed by atoms with Crippen molar-refractivity contribution in [3.63, 3.8) is 0 Å². The van der Waals surface area contributed by atoms with Crippen LogP contribution < -0.4 is 5.73 Å². The Balaban J connectivity index is 2.50. The average Bonchev–Trinajstić information content (AvgIpc) is 3.18. The van der Waals surface area contributed by atoms with Gasteiger partial charge in [0.15, 0.2) is 22.9 Å². The molecule has 4 unspecified atom stereocenters. The summed E-state index contributed by atoms with van der Waals surface area (Å²) < 4.78 is 21.2. The highest BCUT2D eigenvalue weighted by molar-refractivity contribution is 6.74. The molecule has 1 aromatic heterocycles. The van der Waals surface area contributed by atoms with E-state index in [1.165, 1.54) is 11.0 Å². The number of amides is 1. The summed E-state index contributed by atoms with van der Waals surface area (Å²) in [6.45, 7) is 21.4. The summed E-state index contributed by atoms with van der Waals surface area (Å²) in [7, 11) is -4.45. The zero-order valence-corrected chi connectivity index (χ0v) is 22.6. The van der Waals surface area contributed by atoms with E-state index in [0.717, 1.165) is 0 Å². The van der Waals surface area contributed by atoms with E-state index in [0.29, 0.717) is 0 Å². The van der Waals surface area contributed by atoms with Crippen molar-refractivity contribution in [2.24, 2.45) is 5.73 Å². The molecule has 2 heterocycles. The van der Waals surface area contributed by atoms with Crippen molar-refractivity contribution < 1.29 is 23.5 Å². The number of carbonyl (C=O) groups excluding carboxylic acids is 1. The van der Waals surface area contributed by atoms with Gasteiger partial charge in [0, 0.05) is 0 Å². The summed E-state index contributed by atoms with van der Waals surface area (Å²) in [6.07, 6.45) is -0.867. The Morgan fingerprint density at radius 3 is 1.97 bits per heavy atom. The Morgan fingerprint density at radius 2 is 1.58 bits per heavy atom. The molecule has 1 aromatic rings. The minimum atomic E-state index is -2.24. The average molecular weight is 473 g/mol. The lowest BCUT2D eigenvalue weighted by atomic mass is 10.1. The normalized spacial score (nSPS) is 25.8. The summed E-state index contributed by atoms with van der Waals surface area (Å²) in [4.78, 5) is 15.5. The zero-order valence-electron chi connectivity index (χ0n) is 20.6. The largest absolute Gasteiger partial charge is 0.408 e. The van der Waals surface area contributed by atoms with Gasteiger partial charge < -0.3 is 24.4 Å². The van der Waals surface area contributed by atoms with E-state index >= 15 is 0 Å². The van der Waals surface area contributed by atoms with Gasteiger partial charge in [-0.2, -0.15) is 0 Å². The monoisotopic (exact) mass is 472 g/mol. The molecule has 0 aliphatic carbocycles. The molecular formula is C20H40N4O5Si2. The van der Waals surface area contributed by atoms with Gasteiger partial charge in [-0.05, 0) is 36.3 Å². The van der Waals surface area contributed by atoms with Crippen molar-refractivity contribution >= 4 is 22.5 Å². The van der Waals surface area contributed by atoms with Crippen LogP contribution in [-0.2, 0) is 13.6 Å². The highest BCUT2D eigenvalue weighted by Crippen LogP contribution is 2.45. The lowest BCUT2D eigenvalue weighted by Crippen LogP contribution is -2.54. The van der Waals surface area contributed by atoms with Gasteiger partial charge in [-0.3, -0.25) is 4.79 Å². The fraction of sp³-hybridized carbons (Fsp3) is 0.850. The molecule has 11 heteroatoms. The summed E-state index contributed by atoms with van der Waals surface area (Å²) in [5.41, 5.74) is 5.33. The Kier molecular flexibility index (Phi) is 7.31. The van der Waals surface area contributed by atoms with Crippen LogP contribution in [0, 0.1) is 0 Å². The van der Waals surface area contributed by atoms with Crippen molar-refractivity contribution in [3.8, 4) is 0 Å². The van der Waals surface area contributed by atoms with E-state index in [-0.39, 0.29) is 22.5 Å². The van der Waals surface area contributed by atoms with Crippen molar-refractivity contribution in [3.05, 3.63) is 12.2 Å². The van der Waals surface area contributed by atoms with Gasteiger partial charge in [0.2, 0.25) is 5.82 Å². The fourth-order valence-corrected chi connectivity index (χ4v) is 5.48. The van der Waals surface area contributed by atoms with Crippen LogP contribution in [-0.4, -0.2) is 67.3 Å². The standard InChI is InChI=1S/C20H40N4O5Si2/c1-19(2,3)30(7,8)28-14-13(11-25)27-18(24-12-22-17(23-24)16(21)26)15(14)29-31(9,10)20(4,5)6/h12-15,18,25H,11H2,1-10H3,(H2,21,26). The van der Waals surface area contributed by atoms with Crippen LogP contribution in [0.1, 0.15) is 58.4 Å². The second-order valence-corrected chi connectivity index (χ2v) is 20.9. The van der Waals surface area contributed by atoms with Crippen LogP contribution in [0.3, 0.4) is 0 Å². The molecule has 9 nitrogen and oxygen atoms in total. The van der Waals surface area contributed by atoms with Crippen molar-refractivity contribution in [1.29, 1.82) is 0 Å². The third kappa shape index (κ3) is 5.45. The molecule has 0 radical (unpaired) electrons. The van der Waals surface area contributed by atoms with Crippen molar-refractivity contribution in [2.45, 2.75) is 102 Å². The molecule has 4 atom stereocenters. The third-order valence-electron chi connectivity index (χ3n) is 6.93. The molecule has 31 heavy (non-hydrogen) atoms. The molecule has 2 rings (SSSR count). The number of nitrogens with two attached hydrogens (primary N) is 1. The highest BCUT2D eigenvalue weighted by atomic mass is 28.4. The minimum absolute atomic E-state index is 0.0288. The number of aliphatic hydroxyl groups is 1. The summed E-state index contributed by atoms with van der Waals surface area (Å²) in [6, 6.07) is 0. The number of primary amides is 1. The lowest BCUT2D eigenvalue weighted by Gasteiger charge is -2.44. The van der Waals surface area contributed by atoms with Gasteiger partial charge in [-0.1, -0.05) is 41.5 Å². The number of hydrogen-bond donors (Lipinski definition) is 2. The van der Waals surface area contributed by atoms with Crippen LogP contribution >= 0.6 is 0 Å². The molecule has 1 aliphatic rings. The maximum Gasteiger partial charge on any atom is 0.288 e. The molecular weight excluding hydrogens is 432 g/mol. The van der Waals surface area contributed by atoms with E-state index in [1.54, 1.807) is 0 Å². The second-order valence-electron chi connectivity index (χ2n) is 11.3. The molecule has 0 spiro atoms. The number of aliphatic hydroxyl groups excluding tert-OH is 1. The smallest absolute Gasteiger partial charge is 0.288 e. The van der Waals surface area contributed by atoms with E-state index < -0.39 is 47.1 Å². The molecule has 0 saturated carbocycles. The molecule has 1 saturated heterocycles. The first-order chi connectivity index (χ1) is 13.9. The molecule has 1 aliphatic heterocycles. The van der Waals surface area contributed by atoms with E-state index in [4.69, 9.17) is 19.3 Å². The number of carbonyl (C=O) groups is 1. The van der Waals surface area contributed by atoms with Crippen LogP contribution in [0.25, 0.3) is 0 Å². The van der Waals surface area contributed by atoms with Crippen LogP contribution in [0.5, 0.6) is 0 Å². The maximum atomic E-state index is 11.5. The van der Waals surface area contributed by atoms with E-state index in [2.05, 4.69) is 77.8 Å². The fourth-order valence-electron chi connectivity index (χ4n) is 2.88. The first-order valence-corrected chi connectivity index (χ1v) is 16.6. The quantitative estimate of drug-likeness (QED) is 0.585. The third-order valence-corrected chi connectivity index (χ3v) is 15.9. The van der Waals surface area contributed by atoms with Crippen LogP contribution in [0.2, 0.25) is 36.3 Å². The van der Waals surface area contributed by atoms with Crippen molar-refractivity contribution in [1.82, 2.24) is 14.8 Å². The molecule has 0 aromatic carbocycles. The van der Waals surface area contributed by atoms with Gasteiger partial charge in [-0.25, -0.2) is 9.67 Å². The number of ether oxygens (including phenoxy) is 1. The Bertz CT molecular complexity index is 785. The molecule has 1 fully saturated rings. The summed E-state index contributed by atoms with van der Waals surface area (Å²) in [5.74, 6) is -0.810. The predicted octanol–water partition coefficient (Wildman–Crippen LogP) is 3.05. The summed E-state index contributed by atoms with van der Waals surface area (Å²) >= 11 is 0. The van der Waals surface area contributed by atoms with Gasteiger partial charge >= 0.3 is 0 Å². The van der Waals surface area contributed by atoms with Gasteiger partial charge in [0.1, 0.15) is 24.6 Å². The van der Waals surface area contributed by atoms with E-state index in [1.807, 2.05) is 0 Å². The zero-order chi connectivity index (χ0) is 24.0. The molecule has 3 N–H and O–H groups in total. The van der Waals surface area contributed by atoms with Crippen LogP contribution in [0.4, 0.5) is 0 Å². The van der Waals surface area contributed by atoms with Crippen LogP contribution in [0.15, 0.2) is 6.33 Å². The first kappa shape index (κ1) is 26.1. The molecule has 1 amide bonds. The van der Waals surface area contributed by atoms with Gasteiger partial charge in [-0.15, -0.1) is 5.10 Å².